The molecule has 0 aliphatic carbocycles. The quantitative estimate of drug-likeness (QED) is 0.354. The van der Waals surface area contributed by atoms with Gasteiger partial charge in [0.2, 0.25) is 5.88 Å². The van der Waals surface area contributed by atoms with Crippen molar-refractivity contribution in [1.29, 1.82) is 5.26 Å². The molecule has 1 atom stereocenters. The fourth-order valence-electron chi connectivity index (χ4n) is 3.81. The van der Waals surface area contributed by atoms with Gasteiger partial charge in [-0.05, 0) is 34.4 Å². The predicted octanol–water partition coefficient (Wildman–Crippen LogP) is 5.34. The topological polar surface area (TPSA) is 85.3 Å². The van der Waals surface area contributed by atoms with Crippen LogP contribution in [0.5, 0.6) is 11.5 Å². The van der Waals surface area contributed by atoms with Crippen molar-refractivity contribution in [3.05, 3.63) is 106 Å². The van der Waals surface area contributed by atoms with Crippen LogP contribution in [0.15, 0.2) is 89.6 Å². The Labute approximate surface area is 182 Å². The number of nitriles is 1. The zero-order valence-corrected chi connectivity index (χ0v) is 17.1. The van der Waals surface area contributed by atoms with Gasteiger partial charge in [0.1, 0.15) is 23.1 Å². The molecule has 1 aliphatic rings. The Hall–Kier alpha value is -4.08. The molecule has 1 unspecified atom stereocenters. The molecule has 0 fully saturated rings. The van der Waals surface area contributed by atoms with Crippen LogP contribution < -0.4 is 15.2 Å². The highest BCUT2D eigenvalue weighted by Gasteiger charge is 2.31. The SMILES string of the molecule is N#CC1=C(N)Oc2cc(OC(=O)c3cccc4ccccc34)ccc2C1c1cccs1. The second kappa shape index (κ2) is 7.63. The highest BCUT2D eigenvalue weighted by molar-refractivity contribution is 7.10. The van der Waals surface area contributed by atoms with Crippen LogP contribution in [0, 0.1) is 11.3 Å². The largest absolute Gasteiger partial charge is 0.440 e. The number of hydrogen-bond acceptors (Lipinski definition) is 6. The summed E-state index contributed by atoms with van der Waals surface area (Å²) in [5.74, 6) is 0.110. The van der Waals surface area contributed by atoms with E-state index in [1.54, 1.807) is 29.5 Å². The summed E-state index contributed by atoms with van der Waals surface area (Å²) in [6, 6.07) is 24.4. The fraction of sp³-hybridized carbons (Fsp3) is 0.0400. The van der Waals surface area contributed by atoms with Crippen LogP contribution >= 0.6 is 11.3 Å². The van der Waals surface area contributed by atoms with E-state index in [-0.39, 0.29) is 11.8 Å². The molecule has 0 radical (unpaired) electrons. The number of carbonyl (C=O) groups is 1. The van der Waals surface area contributed by atoms with E-state index in [1.807, 2.05) is 60.0 Å². The van der Waals surface area contributed by atoms with Crippen LogP contribution in [0.1, 0.15) is 26.7 Å². The summed E-state index contributed by atoms with van der Waals surface area (Å²) in [6.45, 7) is 0. The molecule has 2 heterocycles. The van der Waals surface area contributed by atoms with E-state index in [9.17, 15) is 10.1 Å². The van der Waals surface area contributed by atoms with E-state index in [1.165, 1.54) is 0 Å². The van der Waals surface area contributed by atoms with Gasteiger partial charge in [-0.1, -0.05) is 48.5 Å². The lowest BCUT2D eigenvalue weighted by atomic mass is 9.88. The summed E-state index contributed by atoms with van der Waals surface area (Å²) in [6.07, 6.45) is 0. The van der Waals surface area contributed by atoms with E-state index in [0.29, 0.717) is 22.6 Å². The third-order valence-electron chi connectivity index (χ3n) is 5.24. The number of nitrogens with zero attached hydrogens (tertiary/aromatic N) is 1. The molecule has 0 spiro atoms. The maximum atomic E-state index is 12.9. The molecule has 4 aromatic rings. The van der Waals surface area contributed by atoms with Crippen molar-refractivity contribution in [2.45, 2.75) is 5.92 Å². The minimum absolute atomic E-state index is 0.0610. The molecule has 3 aromatic carbocycles. The maximum Gasteiger partial charge on any atom is 0.344 e. The lowest BCUT2D eigenvalue weighted by Crippen LogP contribution is -2.20. The second-order valence-electron chi connectivity index (χ2n) is 7.06. The van der Waals surface area contributed by atoms with Crippen molar-refractivity contribution >= 4 is 28.1 Å². The van der Waals surface area contributed by atoms with Gasteiger partial charge in [0.25, 0.3) is 0 Å². The number of nitrogens with two attached hydrogens (primary N) is 1. The van der Waals surface area contributed by atoms with Gasteiger partial charge in [0.05, 0.1) is 11.5 Å². The molecule has 0 saturated carbocycles. The second-order valence-corrected chi connectivity index (χ2v) is 8.04. The van der Waals surface area contributed by atoms with Gasteiger partial charge < -0.3 is 15.2 Å². The van der Waals surface area contributed by atoms with Crippen molar-refractivity contribution in [3.63, 3.8) is 0 Å². The molecule has 6 heteroatoms. The molecule has 150 valence electrons. The number of esters is 1. The van der Waals surface area contributed by atoms with Crippen LogP contribution in [-0.4, -0.2) is 5.97 Å². The number of fused-ring (bicyclic) bond motifs is 2. The van der Waals surface area contributed by atoms with Gasteiger partial charge in [-0.2, -0.15) is 5.26 Å². The van der Waals surface area contributed by atoms with Gasteiger partial charge in [-0.15, -0.1) is 11.3 Å². The number of benzene rings is 3. The first kappa shape index (κ1) is 18.9. The van der Waals surface area contributed by atoms with Crippen molar-refractivity contribution in [2.24, 2.45) is 5.73 Å². The van der Waals surface area contributed by atoms with Gasteiger partial charge in [0.15, 0.2) is 0 Å². The lowest BCUT2D eigenvalue weighted by Gasteiger charge is -2.25. The first-order chi connectivity index (χ1) is 15.2. The van der Waals surface area contributed by atoms with E-state index in [2.05, 4.69) is 6.07 Å². The van der Waals surface area contributed by atoms with Gasteiger partial charge >= 0.3 is 5.97 Å². The number of rotatable bonds is 3. The van der Waals surface area contributed by atoms with Crippen LogP contribution in [-0.2, 0) is 0 Å². The first-order valence-electron chi connectivity index (χ1n) is 9.60. The third-order valence-corrected chi connectivity index (χ3v) is 6.18. The number of carbonyl (C=O) groups excluding carboxylic acids is 1. The minimum Gasteiger partial charge on any atom is -0.440 e. The van der Waals surface area contributed by atoms with E-state index in [0.717, 1.165) is 21.2 Å². The smallest absolute Gasteiger partial charge is 0.344 e. The zero-order valence-electron chi connectivity index (χ0n) is 16.2. The van der Waals surface area contributed by atoms with Crippen molar-refractivity contribution in [2.75, 3.05) is 0 Å². The average molecular weight is 424 g/mol. The number of ether oxygens (including phenoxy) is 2. The molecule has 1 aliphatic heterocycles. The minimum atomic E-state index is -0.455. The zero-order chi connectivity index (χ0) is 21.4. The molecule has 2 N–H and O–H groups in total. The molecular weight excluding hydrogens is 408 g/mol. The normalized spacial score (nSPS) is 15.1. The Balaban J connectivity index is 1.50. The molecule has 0 bridgehead atoms. The van der Waals surface area contributed by atoms with E-state index >= 15 is 0 Å². The Morgan fingerprint density at radius 3 is 2.71 bits per heavy atom. The lowest BCUT2D eigenvalue weighted by molar-refractivity contribution is 0.0736. The van der Waals surface area contributed by atoms with Gasteiger partial charge in [-0.25, -0.2) is 4.79 Å². The fourth-order valence-corrected chi connectivity index (χ4v) is 4.66. The molecule has 1 aromatic heterocycles. The average Bonchev–Trinajstić information content (AvgIpc) is 3.32. The van der Waals surface area contributed by atoms with Crippen LogP contribution in [0.25, 0.3) is 10.8 Å². The highest BCUT2D eigenvalue weighted by Crippen LogP contribution is 2.44. The Morgan fingerprint density at radius 2 is 1.90 bits per heavy atom. The van der Waals surface area contributed by atoms with Crippen LogP contribution in [0.4, 0.5) is 0 Å². The summed E-state index contributed by atoms with van der Waals surface area (Å²) in [4.78, 5) is 13.9. The van der Waals surface area contributed by atoms with Crippen molar-refractivity contribution in [3.8, 4) is 17.6 Å². The predicted molar refractivity (Wildman–Crippen MR) is 119 cm³/mol. The van der Waals surface area contributed by atoms with Crippen LogP contribution in [0.2, 0.25) is 0 Å². The summed E-state index contributed by atoms with van der Waals surface area (Å²) < 4.78 is 11.4. The summed E-state index contributed by atoms with van der Waals surface area (Å²) in [5, 5.41) is 13.4. The van der Waals surface area contributed by atoms with E-state index in [4.69, 9.17) is 15.2 Å². The van der Waals surface area contributed by atoms with Gasteiger partial charge in [-0.3, -0.25) is 0 Å². The van der Waals surface area contributed by atoms with Crippen molar-refractivity contribution < 1.29 is 14.3 Å². The molecule has 31 heavy (non-hydrogen) atoms. The molecule has 0 saturated heterocycles. The number of thiophene rings is 1. The Morgan fingerprint density at radius 1 is 1.06 bits per heavy atom. The first-order valence-corrected chi connectivity index (χ1v) is 10.5. The van der Waals surface area contributed by atoms with Crippen molar-refractivity contribution in [1.82, 2.24) is 0 Å². The molecule has 5 nitrogen and oxygen atoms in total. The number of hydrogen-bond donors (Lipinski definition) is 1. The van der Waals surface area contributed by atoms with E-state index < -0.39 is 5.97 Å². The monoisotopic (exact) mass is 424 g/mol. The summed E-state index contributed by atoms with van der Waals surface area (Å²) in [5.41, 5.74) is 7.70. The number of allylic oxidation sites excluding steroid dienone is 1. The standard InChI is InChI=1S/C25H16N2O3S/c26-14-20-23(22-9-4-12-31-22)19-11-10-16(13-21(19)30-24(20)27)29-25(28)18-8-3-6-15-5-1-2-7-17(15)18/h1-13,23H,27H2. The summed E-state index contributed by atoms with van der Waals surface area (Å²) >= 11 is 1.55. The third kappa shape index (κ3) is 3.31. The molecule has 5 rings (SSSR count). The highest BCUT2D eigenvalue weighted by atomic mass is 32.1. The van der Waals surface area contributed by atoms with Crippen LogP contribution in [0.3, 0.4) is 0 Å². The molecule has 0 amide bonds. The Bertz CT molecular complexity index is 1380. The maximum absolute atomic E-state index is 12.9. The molecular formula is C25H16N2O3S. The van der Waals surface area contributed by atoms with Gasteiger partial charge in [0, 0.05) is 16.5 Å². The Kier molecular flexibility index (Phi) is 4.66. The summed E-state index contributed by atoms with van der Waals surface area (Å²) in [7, 11) is 0.